The number of carboxylic acid groups (broad SMARTS) is 1. The summed E-state index contributed by atoms with van der Waals surface area (Å²) in [6.07, 6.45) is -0.745. The van der Waals surface area contributed by atoms with E-state index in [2.05, 4.69) is 5.32 Å². The van der Waals surface area contributed by atoms with Gasteiger partial charge in [0, 0.05) is 0 Å². The molecule has 1 amide bonds. The molecule has 1 aromatic rings. The molecular formula is C13H17NO4. The molecule has 0 bridgehead atoms. The number of hydrogen-bond acceptors (Lipinski definition) is 3. The van der Waals surface area contributed by atoms with Gasteiger partial charge in [-0.25, -0.2) is 9.59 Å². The first-order valence-corrected chi connectivity index (χ1v) is 5.56. The maximum Gasteiger partial charge on any atom is 0.408 e. The second kappa shape index (κ2) is 5.53. The van der Waals surface area contributed by atoms with Crippen molar-refractivity contribution in [2.45, 2.75) is 32.9 Å². The van der Waals surface area contributed by atoms with Crippen LogP contribution >= 0.6 is 0 Å². The number of rotatable bonds is 4. The van der Waals surface area contributed by atoms with E-state index >= 15 is 0 Å². The van der Waals surface area contributed by atoms with Crippen molar-refractivity contribution in [3.8, 4) is 0 Å². The fraction of sp³-hybridized carbons (Fsp3) is 0.385. The zero-order valence-electron chi connectivity index (χ0n) is 10.7. The van der Waals surface area contributed by atoms with Crippen molar-refractivity contribution in [1.29, 1.82) is 0 Å². The van der Waals surface area contributed by atoms with Crippen LogP contribution in [0.25, 0.3) is 0 Å². The Hall–Kier alpha value is -2.04. The third kappa shape index (κ3) is 3.76. The Bertz CT molecular complexity index is 454. The predicted octanol–water partition coefficient (Wildman–Crippen LogP) is 2.08. The normalized spacial score (nSPS) is 10.8. The van der Waals surface area contributed by atoms with Crippen molar-refractivity contribution in [1.82, 2.24) is 5.32 Å². The van der Waals surface area contributed by atoms with Crippen molar-refractivity contribution < 1.29 is 19.4 Å². The summed E-state index contributed by atoms with van der Waals surface area (Å²) < 4.78 is 4.98. The number of amides is 1. The molecule has 0 aliphatic heterocycles. The lowest BCUT2D eigenvalue weighted by Crippen LogP contribution is -2.49. The smallest absolute Gasteiger partial charge is 0.408 e. The van der Waals surface area contributed by atoms with Crippen molar-refractivity contribution in [3.63, 3.8) is 0 Å². The Kier molecular flexibility index (Phi) is 4.31. The second-order valence-electron chi connectivity index (χ2n) is 4.56. The molecule has 0 atom stereocenters. The van der Waals surface area contributed by atoms with Crippen LogP contribution in [-0.4, -0.2) is 22.7 Å². The number of hydrogen-bond donors (Lipinski definition) is 2. The highest BCUT2D eigenvalue weighted by molar-refractivity contribution is 5.83. The molecule has 0 heterocycles. The van der Waals surface area contributed by atoms with E-state index in [1.54, 1.807) is 0 Å². The number of carboxylic acids is 1. The lowest BCUT2D eigenvalue weighted by Gasteiger charge is -2.20. The molecule has 5 nitrogen and oxygen atoms in total. The monoisotopic (exact) mass is 251 g/mol. The molecule has 18 heavy (non-hydrogen) atoms. The molecule has 0 saturated heterocycles. The largest absolute Gasteiger partial charge is 0.480 e. The van der Waals surface area contributed by atoms with E-state index in [1.807, 2.05) is 31.2 Å². The van der Waals surface area contributed by atoms with Gasteiger partial charge in [0.1, 0.15) is 12.1 Å². The molecule has 2 N–H and O–H groups in total. The highest BCUT2D eigenvalue weighted by atomic mass is 16.5. The standard InChI is InChI=1S/C13H17NO4/c1-9-6-4-5-7-10(9)8-18-12(17)14-13(2,3)11(15)16/h4-7H,8H2,1-3H3,(H,14,17)(H,15,16). The van der Waals surface area contributed by atoms with E-state index in [-0.39, 0.29) is 6.61 Å². The molecule has 98 valence electrons. The average molecular weight is 251 g/mol. The molecular weight excluding hydrogens is 234 g/mol. The molecule has 0 aliphatic rings. The number of alkyl carbamates (subject to hydrolysis) is 1. The van der Waals surface area contributed by atoms with Crippen molar-refractivity contribution in [3.05, 3.63) is 35.4 Å². The van der Waals surface area contributed by atoms with E-state index in [1.165, 1.54) is 13.8 Å². The van der Waals surface area contributed by atoms with Gasteiger partial charge >= 0.3 is 12.1 Å². The molecule has 0 unspecified atom stereocenters. The minimum absolute atomic E-state index is 0.119. The SMILES string of the molecule is Cc1ccccc1COC(=O)NC(C)(C)C(=O)O. The van der Waals surface area contributed by atoms with Gasteiger partial charge in [-0.05, 0) is 31.9 Å². The van der Waals surface area contributed by atoms with Crippen LogP contribution in [0.2, 0.25) is 0 Å². The predicted molar refractivity (Wildman–Crippen MR) is 66.2 cm³/mol. The van der Waals surface area contributed by atoms with Crippen LogP contribution in [0.5, 0.6) is 0 Å². The van der Waals surface area contributed by atoms with E-state index < -0.39 is 17.6 Å². The fourth-order valence-corrected chi connectivity index (χ4v) is 1.26. The van der Waals surface area contributed by atoms with Gasteiger partial charge in [0.25, 0.3) is 0 Å². The summed E-state index contributed by atoms with van der Waals surface area (Å²) in [7, 11) is 0. The Morgan fingerprint density at radius 1 is 1.33 bits per heavy atom. The van der Waals surface area contributed by atoms with Crippen molar-refractivity contribution in [2.24, 2.45) is 0 Å². The van der Waals surface area contributed by atoms with Crippen LogP contribution < -0.4 is 5.32 Å². The molecule has 1 aromatic carbocycles. The van der Waals surface area contributed by atoms with Gasteiger partial charge in [0.15, 0.2) is 0 Å². The Balaban J connectivity index is 2.53. The number of carbonyl (C=O) groups is 2. The van der Waals surface area contributed by atoms with Crippen molar-refractivity contribution in [2.75, 3.05) is 0 Å². The van der Waals surface area contributed by atoms with Crippen LogP contribution in [0.4, 0.5) is 4.79 Å². The van der Waals surface area contributed by atoms with Gasteiger partial charge in [0.05, 0.1) is 0 Å². The maximum absolute atomic E-state index is 11.5. The maximum atomic E-state index is 11.5. The van der Waals surface area contributed by atoms with Gasteiger partial charge in [0.2, 0.25) is 0 Å². The van der Waals surface area contributed by atoms with Crippen LogP contribution in [-0.2, 0) is 16.1 Å². The highest BCUT2D eigenvalue weighted by Crippen LogP contribution is 2.09. The summed E-state index contributed by atoms with van der Waals surface area (Å²) in [5, 5.41) is 11.1. The van der Waals surface area contributed by atoms with Crippen molar-refractivity contribution >= 4 is 12.1 Å². The topological polar surface area (TPSA) is 75.6 Å². The lowest BCUT2D eigenvalue weighted by atomic mass is 10.1. The third-order valence-corrected chi connectivity index (χ3v) is 2.57. The van der Waals surface area contributed by atoms with Gasteiger partial charge in [-0.15, -0.1) is 0 Å². The molecule has 0 fully saturated rings. The first kappa shape index (κ1) is 14.0. The zero-order chi connectivity index (χ0) is 13.8. The van der Waals surface area contributed by atoms with Crippen LogP contribution in [0.3, 0.4) is 0 Å². The summed E-state index contributed by atoms with van der Waals surface area (Å²) in [5.74, 6) is -1.12. The first-order chi connectivity index (χ1) is 8.33. The highest BCUT2D eigenvalue weighted by Gasteiger charge is 2.29. The molecule has 1 rings (SSSR count). The number of aliphatic carboxylic acids is 1. The Labute approximate surface area is 106 Å². The van der Waals surface area contributed by atoms with Gasteiger partial charge < -0.3 is 15.2 Å². The summed E-state index contributed by atoms with van der Waals surface area (Å²) in [5.41, 5.74) is 0.562. The lowest BCUT2D eigenvalue weighted by molar-refractivity contribution is -0.143. The number of ether oxygens (including phenoxy) is 1. The molecule has 0 saturated carbocycles. The number of nitrogens with one attached hydrogen (secondary N) is 1. The van der Waals surface area contributed by atoms with E-state index in [0.29, 0.717) is 0 Å². The van der Waals surface area contributed by atoms with E-state index in [4.69, 9.17) is 9.84 Å². The van der Waals surface area contributed by atoms with Gasteiger partial charge in [-0.3, -0.25) is 0 Å². The number of carbonyl (C=O) groups excluding carboxylic acids is 1. The molecule has 0 spiro atoms. The minimum atomic E-state index is -1.34. The Morgan fingerprint density at radius 2 is 1.94 bits per heavy atom. The van der Waals surface area contributed by atoms with Crippen LogP contribution in [0.15, 0.2) is 24.3 Å². The summed E-state index contributed by atoms with van der Waals surface area (Å²) >= 11 is 0. The first-order valence-electron chi connectivity index (χ1n) is 5.56. The summed E-state index contributed by atoms with van der Waals surface area (Å²) in [6, 6.07) is 7.51. The molecule has 5 heteroatoms. The number of aryl methyl sites for hydroxylation is 1. The molecule has 0 aliphatic carbocycles. The average Bonchev–Trinajstić information content (AvgIpc) is 2.27. The molecule has 0 aromatic heterocycles. The molecule has 0 radical (unpaired) electrons. The van der Waals surface area contributed by atoms with E-state index in [9.17, 15) is 9.59 Å². The zero-order valence-corrected chi connectivity index (χ0v) is 10.7. The fourth-order valence-electron chi connectivity index (χ4n) is 1.26. The second-order valence-corrected chi connectivity index (χ2v) is 4.56. The number of benzene rings is 1. The Morgan fingerprint density at radius 3 is 2.50 bits per heavy atom. The van der Waals surface area contributed by atoms with E-state index in [0.717, 1.165) is 11.1 Å². The van der Waals surface area contributed by atoms with Gasteiger partial charge in [-0.1, -0.05) is 24.3 Å². The minimum Gasteiger partial charge on any atom is -0.480 e. The third-order valence-electron chi connectivity index (χ3n) is 2.57. The van der Waals surface area contributed by atoms with Gasteiger partial charge in [-0.2, -0.15) is 0 Å². The quantitative estimate of drug-likeness (QED) is 0.859. The van der Waals surface area contributed by atoms with Crippen LogP contribution in [0.1, 0.15) is 25.0 Å². The summed E-state index contributed by atoms with van der Waals surface area (Å²) in [6.45, 7) is 4.82. The van der Waals surface area contributed by atoms with Crippen LogP contribution in [0, 0.1) is 6.92 Å². The summed E-state index contributed by atoms with van der Waals surface area (Å²) in [4.78, 5) is 22.3.